The highest BCUT2D eigenvalue weighted by Gasteiger charge is 2.15. The molecule has 0 radical (unpaired) electrons. The number of rotatable bonds is 6. The van der Waals surface area contributed by atoms with Gasteiger partial charge in [0.15, 0.2) is 5.78 Å². The largest absolute Gasteiger partial charge is 0.322 e. The van der Waals surface area contributed by atoms with E-state index in [4.69, 9.17) is 0 Å². The summed E-state index contributed by atoms with van der Waals surface area (Å²) >= 11 is 0. The van der Waals surface area contributed by atoms with Gasteiger partial charge in [0.2, 0.25) is 0 Å². The third-order valence-electron chi connectivity index (χ3n) is 4.45. The molecule has 6 nitrogen and oxygen atoms in total. The maximum atomic E-state index is 12.5. The molecular formula is C23H22N2O4S. The first-order valence-electron chi connectivity index (χ1n) is 9.27. The van der Waals surface area contributed by atoms with Crippen LogP contribution in [0.1, 0.15) is 38.8 Å². The second-order valence-electron chi connectivity index (χ2n) is 7.09. The molecule has 0 aliphatic rings. The molecule has 3 rings (SSSR count). The lowest BCUT2D eigenvalue weighted by atomic mass is 10.1. The summed E-state index contributed by atoms with van der Waals surface area (Å²) in [5.41, 5.74) is 3.97. The van der Waals surface area contributed by atoms with Crippen molar-refractivity contribution in [2.24, 2.45) is 0 Å². The highest BCUT2D eigenvalue weighted by molar-refractivity contribution is 7.92. The average Bonchev–Trinajstić information content (AvgIpc) is 2.67. The van der Waals surface area contributed by atoms with Crippen LogP contribution in [0.5, 0.6) is 0 Å². The first-order valence-corrected chi connectivity index (χ1v) is 10.8. The van der Waals surface area contributed by atoms with Gasteiger partial charge in [-0.1, -0.05) is 18.2 Å². The fourth-order valence-electron chi connectivity index (χ4n) is 3.02. The van der Waals surface area contributed by atoms with Crippen molar-refractivity contribution in [3.8, 4) is 0 Å². The molecule has 0 saturated carbocycles. The standard InChI is InChI=1S/C23H22N2O4S/c1-15-12-16(2)14-21(13-15)24-23(27)19-4-8-20(9-5-19)25-30(28,29)22-10-6-18(7-11-22)17(3)26/h4-14,25H,1-3H3,(H,24,27). The normalized spacial score (nSPS) is 11.0. The molecule has 7 heteroatoms. The first-order chi connectivity index (χ1) is 14.1. The Hall–Kier alpha value is -3.45. The highest BCUT2D eigenvalue weighted by atomic mass is 32.2. The van der Waals surface area contributed by atoms with Crippen LogP contribution in [0.15, 0.2) is 71.6 Å². The number of sulfonamides is 1. The molecule has 2 N–H and O–H groups in total. The lowest BCUT2D eigenvalue weighted by molar-refractivity contribution is 0.101. The van der Waals surface area contributed by atoms with Gasteiger partial charge >= 0.3 is 0 Å². The Bertz CT molecular complexity index is 1180. The van der Waals surface area contributed by atoms with E-state index in [0.717, 1.165) is 11.1 Å². The summed E-state index contributed by atoms with van der Waals surface area (Å²) in [6, 6.07) is 17.6. The van der Waals surface area contributed by atoms with Crippen LogP contribution in [-0.4, -0.2) is 20.1 Å². The predicted molar refractivity (Wildman–Crippen MR) is 118 cm³/mol. The summed E-state index contributed by atoms with van der Waals surface area (Å²) in [7, 11) is -3.81. The second-order valence-corrected chi connectivity index (χ2v) is 8.78. The van der Waals surface area contributed by atoms with E-state index in [1.807, 2.05) is 32.0 Å². The van der Waals surface area contributed by atoms with Crippen molar-refractivity contribution in [2.75, 3.05) is 10.0 Å². The lowest BCUT2D eigenvalue weighted by Crippen LogP contribution is -2.14. The van der Waals surface area contributed by atoms with E-state index in [1.54, 1.807) is 12.1 Å². The molecule has 154 valence electrons. The minimum Gasteiger partial charge on any atom is -0.322 e. The minimum absolute atomic E-state index is 0.0455. The zero-order chi connectivity index (χ0) is 21.9. The molecule has 1 amide bonds. The van der Waals surface area contributed by atoms with Crippen LogP contribution in [0.4, 0.5) is 11.4 Å². The molecule has 0 fully saturated rings. The van der Waals surface area contributed by atoms with Gasteiger partial charge in [0.25, 0.3) is 15.9 Å². The fraction of sp³-hybridized carbons (Fsp3) is 0.130. The van der Waals surface area contributed by atoms with Crippen LogP contribution in [0.25, 0.3) is 0 Å². The average molecular weight is 423 g/mol. The van der Waals surface area contributed by atoms with Crippen molar-refractivity contribution >= 4 is 33.1 Å². The molecule has 0 aliphatic heterocycles. The summed E-state index contributed by atoms with van der Waals surface area (Å²) in [4.78, 5) is 23.8. The zero-order valence-electron chi connectivity index (χ0n) is 16.9. The Morgan fingerprint density at radius 1 is 0.733 bits per heavy atom. The number of ketones is 1. The van der Waals surface area contributed by atoms with Crippen molar-refractivity contribution in [2.45, 2.75) is 25.7 Å². The van der Waals surface area contributed by atoms with Gasteiger partial charge in [-0.3, -0.25) is 14.3 Å². The number of hydrogen-bond donors (Lipinski definition) is 2. The zero-order valence-corrected chi connectivity index (χ0v) is 17.7. The molecular weight excluding hydrogens is 400 g/mol. The van der Waals surface area contributed by atoms with Crippen LogP contribution in [0, 0.1) is 13.8 Å². The topological polar surface area (TPSA) is 92.3 Å². The van der Waals surface area contributed by atoms with Gasteiger partial charge in [0.1, 0.15) is 0 Å². The molecule has 0 spiro atoms. The smallest absolute Gasteiger partial charge is 0.261 e. The number of Topliss-reactive ketones (excluding diaryl/α,β-unsaturated/α-hetero) is 1. The number of hydrogen-bond acceptors (Lipinski definition) is 4. The number of carbonyl (C=O) groups excluding carboxylic acids is 2. The van der Waals surface area contributed by atoms with Gasteiger partial charge in [0.05, 0.1) is 4.90 Å². The number of carbonyl (C=O) groups is 2. The molecule has 0 aliphatic carbocycles. The van der Waals surface area contributed by atoms with Crippen molar-refractivity contribution in [3.05, 3.63) is 89.0 Å². The predicted octanol–water partition coefficient (Wildman–Crippen LogP) is 4.56. The molecule has 0 unspecified atom stereocenters. The molecule has 0 bridgehead atoms. The number of nitrogens with one attached hydrogen (secondary N) is 2. The Morgan fingerprint density at radius 2 is 1.27 bits per heavy atom. The van der Waals surface area contributed by atoms with Crippen LogP contribution in [0.3, 0.4) is 0 Å². The number of benzene rings is 3. The first kappa shape index (κ1) is 21.3. The van der Waals surface area contributed by atoms with E-state index in [2.05, 4.69) is 10.0 Å². The fourth-order valence-corrected chi connectivity index (χ4v) is 4.08. The van der Waals surface area contributed by atoms with Crippen LogP contribution in [-0.2, 0) is 10.0 Å². The van der Waals surface area contributed by atoms with Gasteiger partial charge in [-0.25, -0.2) is 8.42 Å². The summed E-state index contributed by atoms with van der Waals surface area (Å²) in [6.45, 7) is 5.33. The highest BCUT2D eigenvalue weighted by Crippen LogP contribution is 2.19. The Kier molecular flexibility index (Phi) is 6.03. The summed E-state index contributed by atoms with van der Waals surface area (Å²) in [6.07, 6.45) is 0. The number of anilines is 2. The third kappa shape index (κ3) is 5.12. The van der Waals surface area contributed by atoms with Crippen molar-refractivity contribution in [3.63, 3.8) is 0 Å². The van der Waals surface area contributed by atoms with Crippen molar-refractivity contribution in [1.82, 2.24) is 0 Å². The molecule has 3 aromatic carbocycles. The molecule has 0 atom stereocenters. The van der Waals surface area contributed by atoms with Gasteiger partial charge in [-0.15, -0.1) is 0 Å². The van der Waals surface area contributed by atoms with E-state index in [0.29, 0.717) is 22.5 Å². The quantitative estimate of drug-likeness (QED) is 0.570. The van der Waals surface area contributed by atoms with E-state index in [1.165, 1.54) is 43.3 Å². The maximum Gasteiger partial charge on any atom is 0.261 e. The number of aryl methyl sites for hydroxylation is 2. The molecule has 0 saturated heterocycles. The van der Waals surface area contributed by atoms with E-state index in [-0.39, 0.29) is 16.6 Å². The van der Waals surface area contributed by atoms with Gasteiger partial charge in [0, 0.05) is 22.5 Å². The van der Waals surface area contributed by atoms with Crippen molar-refractivity contribution < 1.29 is 18.0 Å². The van der Waals surface area contributed by atoms with Crippen molar-refractivity contribution in [1.29, 1.82) is 0 Å². The maximum absolute atomic E-state index is 12.5. The van der Waals surface area contributed by atoms with Gasteiger partial charge in [-0.2, -0.15) is 0 Å². The number of amides is 1. The summed E-state index contributed by atoms with van der Waals surface area (Å²) in [5, 5.41) is 2.84. The Morgan fingerprint density at radius 3 is 1.80 bits per heavy atom. The van der Waals surface area contributed by atoms with Crippen LogP contribution < -0.4 is 10.0 Å². The molecule has 30 heavy (non-hydrogen) atoms. The summed E-state index contributed by atoms with van der Waals surface area (Å²) in [5.74, 6) is -0.421. The minimum atomic E-state index is -3.81. The van der Waals surface area contributed by atoms with E-state index in [9.17, 15) is 18.0 Å². The summed E-state index contributed by atoms with van der Waals surface area (Å²) < 4.78 is 27.5. The van der Waals surface area contributed by atoms with E-state index >= 15 is 0 Å². The Labute approximate surface area is 176 Å². The van der Waals surface area contributed by atoms with Crippen LogP contribution in [0.2, 0.25) is 0 Å². The Balaban J connectivity index is 1.71. The van der Waals surface area contributed by atoms with E-state index < -0.39 is 10.0 Å². The molecule has 0 heterocycles. The molecule has 0 aromatic heterocycles. The SMILES string of the molecule is CC(=O)c1ccc(S(=O)(=O)Nc2ccc(C(=O)Nc3cc(C)cc(C)c3)cc2)cc1. The van der Waals surface area contributed by atoms with Gasteiger partial charge in [-0.05, 0) is 80.4 Å². The monoisotopic (exact) mass is 422 g/mol. The molecule has 3 aromatic rings. The van der Waals surface area contributed by atoms with Gasteiger partial charge < -0.3 is 5.32 Å². The van der Waals surface area contributed by atoms with Crippen LogP contribution >= 0.6 is 0 Å². The third-order valence-corrected chi connectivity index (χ3v) is 5.85. The second kappa shape index (κ2) is 8.51. The lowest BCUT2D eigenvalue weighted by Gasteiger charge is -2.10.